The van der Waals surface area contributed by atoms with Gasteiger partial charge in [0.05, 0.1) is 13.2 Å². The van der Waals surface area contributed by atoms with E-state index >= 15 is 0 Å². The lowest BCUT2D eigenvalue weighted by atomic mass is 10.2. The third kappa shape index (κ3) is 3.43. The summed E-state index contributed by atoms with van der Waals surface area (Å²) < 4.78 is 4.69. The zero-order valence-electron chi connectivity index (χ0n) is 10.7. The molecule has 1 heterocycles. The molecule has 0 spiro atoms. The Hall–Kier alpha value is -1.63. The number of ether oxygens (including phenoxy) is 1. The van der Waals surface area contributed by atoms with Crippen molar-refractivity contribution < 1.29 is 19.1 Å². The van der Waals surface area contributed by atoms with Crippen LogP contribution in [0.1, 0.15) is 13.3 Å². The number of amides is 2. The fourth-order valence-electron chi connectivity index (χ4n) is 1.70. The predicted octanol–water partition coefficient (Wildman–Crippen LogP) is -1.43. The van der Waals surface area contributed by atoms with Crippen LogP contribution < -0.4 is 5.73 Å². The summed E-state index contributed by atoms with van der Waals surface area (Å²) in [6.45, 7) is 2.78. The van der Waals surface area contributed by atoms with E-state index in [0.29, 0.717) is 19.5 Å². The molecular formula is C11H19N3O4. The summed E-state index contributed by atoms with van der Waals surface area (Å²) in [5.41, 5.74) is 5.52. The minimum Gasteiger partial charge on any atom is -0.464 e. The molecule has 1 aliphatic heterocycles. The van der Waals surface area contributed by atoms with Crippen molar-refractivity contribution in [3.63, 3.8) is 0 Å². The van der Waals surface area contributed by atoms with Crippen molar-refractivity contribution in [1.29, 1.82) is 0 Å². The van der Waals surface area contributed by atoms with E-state index in [2.05, 4.69) is 4.74 Å². The van der Waals surface area contributed by atoms with Gasteiger partial charge in [-0.25, -0.2) is 4.79 Å². The SMILES string of the molecule is CCOC(=O)C(N)C(=O)N1CCCN(C)C(=O)C1. The van der Waals surface area contributed by atoms with Crippen molar-refractivity contribution in [2.75, 3.05) is 33.3 Å². The summed E-state index contributed by atoms with van der Waals surface area (Å²) in [5, 5.41) is 0. The van der Waals surface area contributed by atoms with Gasteiger partial charge in [0, 0.05) is 20.1 Å². The lowest BCUT2D eigenvalue weighted by Crippen LogP contribution is -2.50. The van der Waals surface area contributed by atoms with Gasteiger partial charge in [-0.15, -0.1) is 0 Å². The van der Waals surface area contributed by atoms with Gasteiger partial charge in [0.2, 0.25) is 5.91 Å². The quantitative estimate of drug-likeness (QED) is 0.494. The first-order chi connectivity index (χ1) is 8.47. The number of carbonyl (C=O) groups excluding carboxylic acids is 3. The Kier molecular flexibility index (Phi) is 5.08. The normalized spacial score (nSPS) is 18.3. The molecule has 0 radical (unpaired) electrons. The highest BCUT2D eigenvalue weighted by molar-refractivity contribution is 6.02. The molecule has 2 N–H and O–H groups in total. The molecule has 1 saturated heterocycles. The molecule has 7 nitrogen and oxygen atoms in total. The second-order valence-corrected chi connectivity index (χ2v) is 4.16. The third-order valence-corrected chi connectivity index (χ3v) is 2.79. The molecule has 1 atom stereocenters. The first-order valence-corrected chi connectivity index (χ1v) is 5.92. The van der Waals surface area contributed by atoms with Crippen LogP contribution >= 0.6 is 0 Å². The second kappa shape index (κ2) is 6.34. The number of rotatable bonds is 3. The summed E-state index contributed by atoms with van der Waals surface area (Å²) >= 11 is 0. The highest BCUT2D eigenvalue weighted by Crippen LogP contribution is 2.05. The van der Waals surface area contributed by atoms with Gasteiger partial charge in [0.15, 0.2) is 6.04 Å². The van der Waals surface area contributed by atoms with Crippen LogP contribution in [0.4, 0.5) is 0 Å². The maximum Gasteiger partial charge on any atom is 0.332 e. The molecule has 2 amide bonds. The van der Waals surface area contributed by atoms with E-state index in [4.69, 9.17) is 5.73 Å². The summed E-state index contributed by atoms with van der Waals surface area (Å²) in [5.74, 6) is -1.47. The summed E-state index contributed by atoms with van der Waals surface area (Å²) in [4.78, 5) is 37.8. The summed E-state index contributed by atoms with van der Waals surface area (Å²) in [7, 11) is 1.68. The zero-order chi connectivity index (χ0) is 13.7. The van der Waals surface area contributed by atoms with Crippen molar-refractivity contribution in [3.8, 4) is 0 Å². The van der Waals surface area contributed by atoms with E-state index in [1.807, 2.05) is 0 Å². The van der Waals surface area contributed by atoms with Crippen molar-refractivity contribution in [2.45, 2.75) is 19.4 Å². The highest BCUT2D eigenvalue weighted by Gasteiger charge is 2.31. The fraction of sp³-hybridized carbons (Fsp3) is 0.727. The molecule has 0 aliphatic carbocycles. The van der Waals surface area contributed by atoms with E-state index in [1.165, 1.54) is 4.90 Å². The molecule has 1 fully saturated rings. The molecule has 1 unspecified atom stereocenters. The van der Waals surface area contributed by atoms with Crippen LogP contribution in [-0.2, 0) is 19.1 Å². The molecule has 1 aliphatic rings. The maximum absolute atomic E-state index is 11.9. The van der Waals surface area contributed by atoms with Crippen LogP contribution in [0.25, 0.3) is 0 Å². The Morgan fingerprint density at radius 1 is 1.44 bits per heavy atom. The predicted molar refractivity (Wildman–Crippen MR) is 63.4 cm³/mol. The number of carbonyl (C=O) groups is 3. The Labute approximate surface area is 106 Å². The van der Waals surface area contributed by atoms with Gasteiger partial charge in [0.25, 0.3) is 5.91 Å². The van der Waals surface area contributed by atoms with E-state index in [-0.39, 0.29) is 19.1 Å². The van der Waals surface area contributed by atoms with E-state index in [9.17, 15) is 14.4 Å². The molecule has 102 valence electrons. The fourth-order valence-corrected chi connectivity index (χ4v) is 1.70. The number of nitrogens with two attached hydrogens (primary N) is 1. The lowest BCUT2D eigenvalue weighted by molar-refractivity contribution is -0.152. The average Bonchev–Trinajstić information content (AvgIpc) is 2.50. The number of likely N-dealkylation sites (N-methyl/N-ethyl adjacent to an activating group) is 1. The van der Waals surface area contributed by atoms with Crippen LogP contribution in [0.5, 0.6) is 0 Å². The monoisotopic (exact) mass is 257 g/mol. The molecule has 1 rings (SSSR count). The standard InChI is InChI=1S/C11H19N3O4/c1-3-18-11(17)9(12)10(16)14-6-4-5-13(2)8(15)7-14/h9H,3-7,12H2,1-2H3. The number of hydrogen-bond donors (Lipinski definition) is 1. The third-order valence-electron chi connectivity index (χ3n) is 2.79. The topological polar surface area (TPSA) is 92.9 Å². The zero-order valence-corrected chi connectivity index (χ0v) is 10.7. The number of esters is 1. The van der Waals surface area contributed by atoms with Crippen LogP contribution in [-0.4, -0.2) is 66.9 Å². The second-order valence-electron chi connectivity index (χ2n) is 4.16. The lowest BCUT2D eigenvalue weighted by Gasteiger charge is -2.22. The molecule has 0 aromatic heterocycles. The van der Waals surface area contributed by atoms with Crippen molar-refractivity contribution in [3.05, 3.63) is 0 Å². The van der Waals surface area contributed by atoms with Crippen molar-refractivity contribution in [2.24, 2.45) is 5.73 Å². The Morgan fingerprint density at radius 2 is 2.11 bits per heavy atom. The molecule has 7 heteroatoms. The van der Waals surface area contributed by atoms with E-state index in [1.54, 1.807) is 18.9 Å². The Balaban J connectivity index is 2.65. The van der Waals surface area contributed by atoms with Crippen LogP contribution in [0, 0.1) is 0 Å². The van der Waals surface area contributed by atoms with Gasteiger partial charge >= 0.3 is 5.97 Å². The van der Waals surface area contributed by atoms with Gasteiger partial charge in [-0.05, 0) is 13.3 Å². The van der Waals surface area contributed by atoms with Gasteiger partial charge in [-0.2, -0.15) is 0 Å². The first kappa shape index (κ1) is 14.4. The van der Waals surface area contributed by atoms with Crippen LogP contribution in [0.2, 0.25) is 0 Å². The number of nitrogens with zero attached hydrogens (tertiary/aromatic N) is 2. The smallest absolute Gasteiger partial charge is 0.332 e. The van der Waals surface area contributed by atoms with Crippen molar-refractivity contribution >= 4 is 17.8 Å². The minimum absolute atomic E-state index is 0.0392. The molecule has 0 aromatic rings. The van der Waals surface area contributed by atoms with Gasteiger partial charge in [-0.1, -0.05) is 0 Å². The molecule has 0 aromatic carbocycles. The maximum atomic E-state index is 11.9. The first-order valence-electron chi connectivity index (χ1n) is 5.92. The van der Waals surface area contributed by atoms with E-state index < -0.39 is 17.9 Å². The molecule has 0 saturated carbocycles. The van der Waals surface area contributed by atoms with Crippen LogP contribution in [0.3, 0.4) is 0 Å². The van der Waals surface area contributed by atoms with Gasteiger partial charge < -0.3 is 20.3 Å². The summed E-state index contributed by atoms with van der Waals surface area (Å²) in [6.07, 6.45) is 0.670. The molecule has 0 bridgehead atoms. The molecule has 18 heavy (non-hydrogen) atoms. The Bertz CT molecular complexity index is 345. The van der Waals surface area contributed by atoms with Crippen LogP contribution in [0.15, 0.2) is 0 Å². The van der Waals surface area contributed by atoms with Gasteiger partial charge in [0.1, 0.15) is 0 Å². The van der Waals surface area contributed by atoms with Crippen molar-refractivity contribution in [1.82, 2.24) is 9.80 Å². The Morgan fingerprint density at radius 3 is 2.72 bits per heavy atom. The highest BCUT2D eigenvalue weighted by atomic mass is 16.5. The largest absolute Gasteiger partial charge is 0.464 e. The van der Waals surface area contributed by atoms with E-state index in [0.717, 1.165) is 0 Å². The summed E-state index contributed by atoms with van der Waals surface area (Å²) in [6, 6.07) is -1.35. The molecular weight excluding hydrogens is 238 g/mol. The minimum atomic E-state index is -1.35. The average molecular weight is 257 g/mol. The number of hydrogen-bond acceptors (Lipinski definition) is 5. The van der Waals surface area contributed by atoms with Gasteiger partial charge in [-0.3, -0.25) is 9.59 Å².